The van der Waals surface area contributed by atoms with Gasteiger partial charge in [0.1, 0.15) is 34.0 Å². The van der Waals surface area contributed by atoms with E-state index >= 15 is 0 Å². The van der Waals surface area contributed by atoms with Gasteiger partial charge in [0.15, 0.2) is 5.75 Å². The maximum Gasteiger partial charge on any atom is 0.312 e. The van der Waals surface area contributed by atoms with Gasteiger partial charge < -0.3 is 49.6 Å². The number of aliphatic hydroxyl groups is 2. The number of piperidine rings is 1. The molecule has 4 heterocycles. The molecule has 2 aromatic carbocycles. The van der Waals surface area contributed by atoms with Crippen molar-refractivity contribution in [3.05, 3.63) is 58.0 Å². The van der Waals surface area contributed by atoms with Crippen LogP contribution in [0.15, 0.2) is 46.1 Å². The van der Waals surface area contributed by atoms with Crippen LogP contribution < -0.4 is 20.8 Å². The van der Waals surface area contributed by atoms with E-state index in [2.05, 4.69) is 29.1 Å². The van der Waals surface area contributed by atoms with Crippen molar-refractivity contribution in [2.75, 3.05) is 32.1 Å². The Morgan fingerprint density at radius 1 is 0.984 bits per heavy atom. The third-order valence-electron chi connectivity index (χ3n) is 12.9. The van der Waals surface area contributed by atoms with Crippen LogP contribution in [0.25, 0.3) is 10.8 Å². The highest BCUT2D eigenvalue weighted by Crippen LogP contribution is 2.51. The van der Waals surface area contributed by atoms with Gasteiger partial charge in [-0.3, -0.25) is 19.4 Å². The van der Waals surface area contributed by atoms with Gasteiger partial charge in [-0.1, -0.05) is 59.8 Å². The van der Waals surface area contributed by atoms with Crippen molar-refractivity contribution in [3.8, 4) is 17.2 Å². The maximum atomic E-state index is 14.7. The minimum absolute atomic E-state index is 0.0538. The van der Waals surface area contributed by atoms with E-state index in [1.54, 1.807) is 65.8 Å². The monoisotopic (exact) mass is 846 g/mol. The van der Waals surface area contributed by atoms with Crippen LogP contribution in [-0.2, 0) is 23.8 Å². The minimum atomic E-state index is -1.95. The zero-order valence-corrected chi connectivity index (χ0v) is 37.1. The largest absolute Gasteiger partial charge is 0.507 e. The fraction of sp³-hybridized carbons (Fsp3) is 0.587. The van der Waals surface area contributed by atoms with Gasteiger partial charge in [0.25, 0.3) is 11.7 Å². The number of carbonyl (C=O) groups excluding carboxylic acids is 3. The molecule has 6 rings (SSSR count). The quantitative estimate of drug-likeness (QED) is 0.208. The molecule has 5 N–H and O–H groups in total. The van der Waals surface area contributed by atoms with E-state index in [-0.39, 0.29) is 49.7 Å². The molecule has 4 aliphatic heterocycles. The molecule has 61 heavy (non-hydrogen) atoms. The predicted octanol–water partition coefficient (Wildman–Crippen LogP) is 4.75. The van der Waals surface area contributed by atoms with Crippen LogP contribution in [0.2, 0.25) is 0 Å². The lowest BCUT2D eigenvalue weighted by molar-refractivity contribution is -0.160. The Hall–Kier alpha value is -4.83. The van der Waals surface area contributed by atoms with Gasteiger partial charge in [-0.25, -0.2) is 4.99 Å². The van der Waals surface area contributed by atoms with Gasteiger partial charge >= 0.3 is 11.8 Å². The lowest BCUT2D eigenvalue weighted by Crippen LogP contribution is -2.47. The van der Waals surface area contributed by atoms with E-state index in [0.29, 0.717) is 24.4 Å². The van der Waals surface area contributed by atoms with E-state index in [0.717, 1.165) is 19.6 Å². The number of methoxy groups -OCH3 is 1. The number of esters is 1. The number of amides is 1. The average Bonchev–Trinajstić information content (AvgIpc) is 3.71. The molecule has 1 saturated heterocycles. The molecule has 9 atom stereocenters. The van der Waals surface area contributed by atoms with Crippen LogP contribution in [0.3, 0.4) is 0 Å². The van der Waals surface area contributed by atoms with E-state index in [9.17, 15) is 34.8 Å². The standard InChI is InChI=1S/C46H62N4O11/c1-22(2)21-50-18-16-46(17-19-50)48-34-31-32-39(54)28(8)42-33(31)43(56)45(10,61-42)59-20-15-30(58-11)25(5)41(60-29(9)51)27(7)38(53)26(6)37(52)23(3)13-12-14-24(4)44(57)47-36(40(32)55)35(34)49-46/h12-15,20,22-23,25-27,30,37-38,41,48,52-55H,16-19,21H2,1-11H3/b13-12+,20-15+,24-14-,47-36?/t23-,25+,26+,27-,30-,37-,38+,41+,45-/m0/s1. The van der Waals surface area contributed by atoms with Crippen LogP contribution in [0.1, 0.15) is 91.1 Å². The SMILES string of the molecule is CO[C@H]1/C=C/O[C@@]2(C)Oc3c(C)c(O)c4c(O)c(c5c(c4c3C2=O)NC2(CCN(CC(C)C)CC2)N=5)=NC(=O)/C(C)=C\C=C\[C@H](C)[C@H](O)[C@@H](C)[C@@H](O)[C@H](C)[C@H](OC(C)=O)[C@@H]1C. The molecular weight excluding hydrogens is 785 g/mol. The number of nitrogens with zero attached hydrogens (tertiary/aromatic N) is 3. The lowest BCUT2D eigenvalue weighted by Gasteiger charge is -2.38. The smallest absolute Gasteiger partial charge is 0.312 e. The van der Waals surface area contributed by atoms with Crippen molar-refractivity contribution < 1.29 is 53.8 Å². The number of nitrogens with one attached hydrogen (secondary N) is 1. The normalized spacial score (nSPS) is 32.7. The number of aliphatic hydroxyl groups excluding tert-OH is 2. The lowest BCUT2D eigenvalue weighted by atomic mass is 9.78. The Balaban J connectivity index is 1.55. The molecule has 1 fully saturated rings. The second-order valence-corrected chi connectivity index (χ2v) is 18.0. The molecule has 2 aromatic rings. The molecule has 0 aromatic heterocycles. The number of ether oxygens (including phenoxy) is 4. The van der Waals surface area contributed by atoms with Crippen LogP contribution in [0.5, 0.6) is 17.2 Å². The summed E-state index contributed by atoms with van der Waals surface area (Å²) in [7, 11) is 1.47. The van der Waals surface area contributed by atoms with Gasteiger partial charge in [0.05, 0.1) is 41.2 Å². The Morgan fingerprint density at radius 2 is 1.66 bits per heavy atom. The first-order valence-electron chi connectivity index (χ1n) is 21.2. The summed E-state index contributed by atoms with van der Waals surface area (Å²) in [5, 5.41) is 50.5. The molecule has 0 radical (unpaired) electrons. The number of fused-ring (bicyclic) bond motifs is 1. The van der Waals surface area contributed by atoms with E-state index in [4.69, 9.17) is 23.9 Å². The van der Waals surface area contributed by atoms with Gasteiger partial charge in [-0.15, -0.1) is 0 Å². The third kappa shape index (κ3) is 8.54. The number of hydrogen-bond acceptors (Lipinski definition) is 14. The number of benzene rings is 2. The number of hydrogen-bond donors (Lipinski definition) is 5. The maximum absolute atomic E-state index is 14.7. The molecule has 15 heteroatoms. The summed E-state index contributed by atoms with van der Waals surface area (Å²) in [6.45, 7) is 19.6. The first kappa shape index (κ1) is 45.7. The Labute approximate surface area is 356 Å². The van der Waals surface area contributed by atoms with Crippen LogP contribution in [0, 0.1) is 36.5 Å². The summed E-state index contributed by atoms with van der Waals surface area (Å²) in [6, 6.07) is 0. The molecule has 15 nitrogen and oxygen atoms in total. The number of phenols is 2. The van der Waals surface area contributed by atoms with Crippen LogP contribution >= 0.6 is 0 Å². The van der Waals surface area contributed by atoms with Gasteiger partial charge in [0, 0.05) is 93.6 Å². The number of likely N-dealkylation sites (tertiary alicyclic amines) is 1. The molecule has 1 spiro atoms. The van der Waals surface area contributed by atoms with Gasteiger partial charge in [0.2, 0.25) is 0 Å². The van der Waals surface area contributed by atoms with Crippen molar-refractivity contribution in [3.63, 3.8) is 0 Å². The zero-order valence-electron chi connectivity index (χ0n) is 37.1. The highest BCUT2D eigenvalue weighted by Gasteiger charge is 2.51. The van der Waals surface area contributed by atoms with Crippen molar-refractivity contribution in [2.45, 2.75) is 118 Å². The average molecular weight is 847 g/mol. The number of rotatable bonds is 4. The van der Waals surface area contributed by atoms with Crippen molar-refractivity contribution in [2.24, 2.45) is 39.6 Å². The molecule has 0 aliphatic carbocycles. The van der Waals surface area contributed by atoms with Gasteiger partial charge in [-0.2, -0.15) is 0 Å². The van der Waals surface area contributed by atoms with Crippen LogP contribution in [0.4, 0.5) is 5.69 Å². The summed E-state index contributed by atoms with van der Waals surface area (Å²) < 4.78 is 24.0. The molecule has 4 bridgehead atoms. The number of aromatic hydroxyl groups is 2. The number of carbonyl (C=O) groups is 3. The molecular formula is C46H62N4O11. The van der Waals surface area contributed by atoms with E-state index in [1.807, 2.05) is 0 Å². The van der Waals surface area contributed by atoms with Crippen molar-refractivity contribution >= 4 is 34.1 Å². The second-order valence-electron chi connectivity index (χ2n) is 18.0. The summed E-state index contributed by atoms with van der Waals surface area (Å²) in [5.74, 6) is -6.57. The third-order valence-corrected chi connectivity index (χ3v) is 12.9. The Kier molecular flexibility index (Phi) is 13.1. The highest BCUT2D eigenvalue weighted by atomic mass is 16.7. The van der Waals surface area contributed by atoms with Crippen molar-refractivity contribution in [1.29, 1.82) is 0 Å². The number of allylic oxidation sites excluding steroid dienone is 2. The molecule has 0 unspecified atom stereocenters. The fourth-order valence-electron chi connectivity index (χ4n) is 9.24. The highest BCUT2D eigenvalue weighted by molar-refractivity contribution is 6.21. The molecule has 1 amide bonds. The molecule has 332 valence electrons. The number of phenolic OH excluding ortho intramolecular Hbond substituents is 2. The topological polar surface area (TPSA) is 209 Å². The first-order valence-corrected chi connectivity index (χ1v) is 21.2. The Morgan fingerprint density at radius 3 is 2.28 bits per heavy atom. The zero-order chi connectivity index (χ0) is 44.9. The van der Waals surface area contributed by atoms with Gasteiger partial charge in [-0.05, 0) is 25.8 Å². The number of Topliss-reactive ketones (excluding diaryl/α,β-unsaturated/α-hetero) is 1. The minimum Gasteiger partial charge on any atom is -0.507 e. The fourth-order valence-corrected chi connectivity index (χ4v) is 9.24. The summed E-state index contributed by atoms with van der Waals surface area (Å²) in [5.41, 5.74) is -0.111. The summed E-state index contributed by atoms with van der Waals surface area (Å²) in [4.78, 5) is 52.9. The van der Waals surface area contributed by atoms with E-state index < -0.39 is 82.9 Å². The summed E-state index contributed by atoms with van der Waals surface area (Å²) in [6.07, 6.45) is 5.07. The molecule has 4 aliphatic rings. The first-order chi connectivity index (χ1) is 28.6. The van der Waals surface area contributed by atoms with Crippen molar-refractivity contribution in [1.82, 2.24) is 4.90 Å². The second kappa shape index (κ2) is 17.5. The van der Waals surface area contributed by atoms with E-state index in [1.165, 1.54) is 27.2 Å². The predicted molar refractivity (Wildman–Crippen MR) is 228 cm³/mol. The number of anilines is 1. The summed E-state index contributed by atoms with van der Waals surface area (Å²) >= 11 is 0. The van der Waals surface area contributed by atoms with Crippen LogP contribution in [-0.4, -0.2) is 106 Å². The number of ketones is 1. The molecule has 0 saturated carbocycles. The Bertz CT molecular complexity index is 2300.